The first kappa shape index (κ1) is 31.8. The van der Waals surface area contributed by atoms with Crippen molar-refractivity contribution in [2.75, 3.05) is 26.3 Å². The van der Waals surface area contributed by atoms with Gasteiger partial charge in [-0.1, -0.05) is 5.16 Å². The number of sulfone groups is 1. The molecule has 0 aliphatic carbocycles. The van der Waals surface area contributed by atoms with Crippen molar-refractivity contribution in [3.63, 3.8) is 0 Å². The van der Waals surface area contributed by atoms with E-state index in [4.69, 9.17) is 29.2 Å². The minimum Gasteiger partial charge on any atom is -0.462 e. The summed E-state index contributed by atoms with van der Waals surface area (Å²) in [6.07, 6.45) is -0.0795. The van der Waals surface area contributed by atoms with Crippen LogP contribution in [0, 0.1) is 0 Å². The van der Waals surface area contributed by atoms with Crippen LogP contribution >= 0.6 is 11.8 Å². The summed E-state index contributed by atoms with van der Waals surface area (Å²) in [4.78, 5) is 82.3. The zero-order valence-electron chi connectivity index (χ0n) is 23.9. The molecule has 18 nitrogen and oxygen atoms in total. The van der Waals surface area contributed by atoms with Crippen molar-refractivity contribution in [1.82, 2.24) is 15.1 Å². The average molecular weight is 670 g/mol. The molecule has 242 valence electrons. The first-order chi connectivity index (χ1) is 21.2. The molecule has 45 heavy (non-hydrogen) atoms. The molecular weight excluding hydrogens is 642 g/mol. The van der Waals surface area contributed by atoms with E-state index in [0.29, 0.717) is 0 Å². The second-order valence-electron chi connectivity index (χ2n) is 10.5. The van der Waals surface area contributed by atoms with E-state index in [1.54, 1.807) is 0 Å². The number of furan rings is 1. The van der Waals surface area contributed by atoms with Gasteiger partial charge in [0.1, 0.15) is 42.2 Å². The van der Waals surface area contributed by atoms with Crippen molar-refractivity contribution in [1.29, 1.82) is 0 Å². The molecule has 0 aromatic carbocycles. The molecule has 3 saturated heterocycles. The van der Waals surface area contributed by atoms with Crippen LogP contribution in [0.25, 0.3) is 0 Å². The highest BCUT2D eigenvalue weighted by Gasteiger charge is 2.68. The number of ether oxygens (including phenoxy) is 3. The van der Waals surface area contributed by atoms with E-state index in [1.807, 2.05) is 0 Å². The molecule has 20 heteroatoms. The van der Waals surface area contributed by atoms with E-state index in [0.717, 1.165) is 21.6 Å². The number of rotatable bonds is 10. The molecule has 0 radical (unpaired) electrons. The van der Waals surface area contributed by atoms with Gasteiger partial charge in [-0.05, 0) is 26.0 Å². The molecule has 0 spiro atoms. The maximum Gasteiger partial charge on any atom is 0.404 e. The van der Waals surface area contributed by atoms with E-state index in [-0.39, 0.29) is 34.9 Å². The van der Waals surface area contributed by atoms with Crippen LogP contribution in [0.2, 0.25) is 0 Å². The summed E-state index contributed by atoms with van der Waals surface area (Å²) in [5.74, 6) is -4.20. The lowest BCUT2D eigenvalue weighted by Gasteiger charge is -2.49. The largest absolute Gasteiger partial charge is 0.462 e. The van der Waals surface area contributed by atoms with Crippen LogP contribution in [0.5, 0.6) is 0 Å². The predicted molar refractivity (Wildman–Crippen MR) is 149 cm³/mol. The van der Waals surface area contributed by atoms with Crippen molar-refractivity contribution in [2.24, 2.45) is 10.9 Å². The summed E-state index contributed by atoms with van der Waals surface area (Å²) >= 11 is 1.14. The Morgan fingerprint density at radius 3 is 2.56 bits per heavy atom. The first-order valence-electron chi connectivity index (χ1n) is 13.2. The van der Waals surface area contributed by atoms with Gasteiger partial charge in [0.25, 0.3) is 11.8 Å². The van der Waals surface area contributed by atoms with Crippen LogP contribution in [0.1, 0.15) is 26.0 Å². The zero-order chi connectivity index (χ0) is 32.8. The number of β-lactam (4-membered cyclic amide) rings is 2. The standard InChI is InChI=1S/C25H27N5O13S2/c1-25(2)18(29-13(31)7-14(29)45(25,37)38)23(35)43-10-42-22(34)17-11(8-41-24(26)36)9-44-21-16(20(33)30(17)21)27-19(32)15(28-39-3)12-5-4-6-40-12/h4-6,14,16,18,21H,7-10H2,1-3H3,(H2,26,36)(H,27,32). The van der Waals surface area contributed by atoms with E-state index in [9.17, 15) is 37.2 Å². The van der Waals surface area contributed by atoms with Crippen LogP contribution < -0.4 is 11.1 Å². The van der Waals surface area contributed by atoms with Crippen molar-refractivity contribution in [2.45, 2.75) is 47.8 Å². The van der Waals surface area contributed by atoms with Gasteiger partial charge in [0, 0.05) is 11.3 Å². The number of fused-ring (bicyclic) bond motifs is 2. The highest BCUT2D eigenvalue weighted by Crippen LogP contribution is 2.46. The first-order valence-corrected chi connectivity index (χ1v) is 15.7. The molecule has 5 rings (SSSR count). The Hall–Kier alpha value is -4.59. The topological polar surface area (TPSA) is 244 Å². The van der Waals surface area contributed by atoms with Crippen LogP contribution in [0.3, 0.4) is 0 Å². The van der Waals surface area contributed by atoms with Gasteiger partial charge < -0.3 is 39.4 Å². The number of carbonyl (C=O) groups is 6. The van der Waals surface area contributed by atoms with Gasteiger partial charge in [0.15, 0.2) is 15.6 Å². The number of nitrogens with one attached hydrogen (secondary N) is 1. The van der Waals surface area contributed by atoms with Gasteiger partial charge in [0.2, 0.25) is 18.4 Å². The Balaban J connectivity index is 1.28. The number of hydrogen-bond donors (Lipinski definition) is 2. The Labute approximate surface area is 259 Å². The minimum atomic E-state index is -3.88. The quantitative estimate of drug-likeness (QED) is 0.0953. The monoisotopic (exact) mass is 669 g/mol. The Kier molecular flexibility index (Phi) is 8.29. The normalized spacial score (nSPS) is 26.2. The Bertz CT molecular complexity index is 1640. The fourth-order valence-corrected chi connectivity index (χ4v) is 8.80. The molecule has 1 aromatic heterocycles. The predicted octanol–water partition coefficient (Wildman–Crippen LogP) is -1.44. The van der Waals surface area contributed by atoms with Gasteiger partial charge in [-0.25, -0.2) is 22.8 Å². The Morgan fingerprint density at radius 2 is 1.93 bits per heavy atom. The van der Waals surface area contributed by atoms with Crippen molar-refractivity contribution < 1.29 is 60.7 Å². The molecule has 3 fully saturated rings. The fraction of sp³-hybridized carbons (Fsp3) is 0.480. The number of amides is 4. The Morgan fingerprint density at radius 1 is 1.20 bits per heavy atom. The van der Waals surface area contributed by atoms with E-state index >= 15 is 0 Å². The number of thioether (sulfide) groups is 1. The lowest BCUT2D eigenvalue weighted by Crippen LogP contribution is -2.71. The van der Waals surface area contributed by atoms with Crippen molar-refractivity contribution in [3.8, 4) is 0 Å². The number of nitrogens with two attached hydrogens (primary N) is 1. The van der Waals surface area contributed by atoms with Crippen LogP contribution in [0.4, 0.5) is 4.79 Å². The fourth-order valence-electron chi connectivity index (χ4n) is 5.35. The molecule has 1 aromatic rings. The van der Waals surface area contributed by atoms with Gasteiger partial charge in [-0.15, -0.1) is 11.8 Å². The summed E-state index contributed by atoms with van der Waals surface area (Å²) < 4.78 is 44.1. The van der Waals surface area contributed by atoms with Crippen LogP contribution in [0.15, 0.2) is 39.2 Å². The summed E-state index contributed by atoms with van der Waals surface area (Å²) in [5.41, 5.74) is 4.63. The summed E-state index contributed by atoms with van der Waals surface area (Å²) in [6.45, 7) is 1.12. The third-order valence-electron chi connectivity index (χ3n) is 7.66. The smallest absolute Gasteiger partial charge is 0.404 e. The minimum absolute atomic E-state index is 0.0438. The SMILES string of the molecule is CON=C(C(=O)NC1C(=O)N2C(C(=O)OCOC(=O)C3N4C(=O)CC4S(=O)(=O)C3(C)C)=C(COC(N)=O)CSC12)c1ccco1. The summed E-state index contributed by atoms with van der Waals surface area (Å²) in [5, 5.41) is 4.24. The maximum absolute atomic E-state index is 13.2. The molecule has 3 N–H and O–H groups in total. The third kappa shape index (κ3) is 5.26. The van der Waals surface area contributed by atoms with E-state index < -0.39 is 86.6 Å². The van der Waals surface area contributed by atoms with Crippen LogP contribution in [-0.2, 0) is 52.9 Å². The van der Waals surface area contributed by atoms with Crippen LogP contribution in [-0.4, -0.2) is 114 Å². The van der Waals surface area contributed by atoms with E-state index in [1.165, 1.54) is 39.4 Å². The molecule has 4 unspecified atom stereocenters. The summed E-state index contributed by atoms with van der Waals surface area (Å²) in [7, 11) is -2.66. The highest BCUT2D eigenvalue weighted by atomic mass is 32.2. The third-order valence-corrected chi connectivity index (χ3v) is 11.8. The average Bonchev–Trinajstić information content (AvgIpc) is 3.55. The van der Waals surface area contributed by atoms with Gasteiger partial charge >= 0.3 is 18.0 Å². The van der Waals surface area contributed by atoms with Crippen molar-refractivity contribution >= 4 is 63.1 Å². The molecular formula is C25H27N5O13S2. The number of hydrogen-bond acceptors (Lipinski definition) is 15. The molecule has 0 bridgehead atoms. The van der Waals surface area contributed by atoms with Gasteiger partial charge in [-0.3, -0.25) is 19.3 Å². The molecule has 4 atom stereocenters. The number of primary amides is 1. The number of oxime groups is 1. The number of esters is 2. The second kappa shape index (κ2) is 11.7. The molecule has 5 heterocycles. The van der Waals surface area contributed by atoms with E-state index in [2.05, 4.69) is 10.5 Å². The van der Waals surface area contributed by atoms with Gasteiger partial charge in [0.05, 0.1) is 17.4 Å². The maximum atomic E-state index is 13.2. The highest BCUT2D eigenvalue weighted by molar-refractivity contribution is 8.00. The van der Waals surface area contributed by atoms with Gasteiger partial charge in [-0.2, -0.15) is 0 Å². The second-order valence-corrected chi connectivity index (χ2v) is 14.3. The number of nitrogens with zero attached hydrogens (tertiary/aromatic N) is 3. The zero-order valence-corrected chi connectivity index (χ0v) is 25.5. The lowest BCUT2D eigenvalue weighted by molar-refractivity contribution is -0.175. The lowest BCUT2D eigenvalue weighted by atomic mass is 9.98. The molecule has 4 aliphatic heterocycles. The molecule has 0 saturated carbocycles. The molecule has 4 aliphatic rings. The number of carbonyl (C=O) groups excluding carboxylic acids is 6. The summed E-state index contributed by atoms with van der Waals surface area (Å²) in [6, 6.07) is 0.403. The van der Waals surface area contributed by atoms with Crippen molar-refractivity contribution in [3.05, 3.63) is 35.4 Å². The molecule has 4 amide bonds.